The van der Waals surface area contributed by atoms with Gasteiger partial charge >= 0.3 is 0 Å². The van der Waals surface area contributed by atoms with Crippen LogP contribution < -0.4 is 10.1 Å². The van der Waals surface area contributed by atoms with Gasteiger partial charge in [-0.15, -0.1) is 0 Å². The highest BCUT2D eigenvalue weighted by molar-refractivity contribution is 5.78. The fraction of sp³-hybridized carbons (Fsp3) is 0.350. The molecule has 1 aliphatic rings. The molecule has 1 fully saturated rings. The Hall–Kier alpha value is -2.60. The molecule has 0 aliphatic carbocycles. The van der Waals surface area contributed by atoms with E-state index in [9.17, 15) is 9.18 Å². The summed E-state index contributed by atoms with van der Waals surface area (Å²) in [5.41, 5.74) is 2.26. The van der Waals surface area contributed by atoms with Crippen LogP contribution in [-0.2, 0) is 11.4 Å². The Bertz CT molecular complexity index is 764. The van der Waals surface area contributed by atoms with Gasteiger partial charge in [0.1, 0.15) is 11.6 Å². The molecule has 1 saturated heterocycles. The van der Waals surface area contributed by atoms with Crippen LogP contribution in [-0.4, -0.2) is 41.7 Å². The first-order chi connectivity index (χ1) is 12.5. The van der Waals surface area contributed by atoms with Gasteiger partial charge in [0, 0.05) is 19.1 Å². The molecule has 0 saturated carbocycles. The third-order valence-electron chi connectivity index (χ3n) is 4.49. The van der Waals surface area contributed by atoms with Gasteiger partial charge in [-0.05, 0) is 48.7 Å². The Morgan fingerprint density at radius 2 is 2.08 bits per heavy atom. The summed E-state index contributed by atoms with van der Waals surface area (Å²) in [7, 11) is 0. The van der Waals surface area contributed by atoms with Crippen LogP contribution in [0.5, 0.6) is 5.75 Å². The Balaban J connectivity index is 1.49. The van der Waals surface area contributed by atoms with E-state index in [0.717, 1.165) is 17.5 Å². The first-order valence-electron chi connectivity index (χ1n) is 8.68. The second kappa shape index (κ2) is 8.19. The van der Waals surface area contributed by atoms with Crippen molar-refractivity contribution in [3.8, 4) is 5.75 Å². The molecule has 0 radical (unpaired) electrons. The van der Waals surface area contributed by atoms with Gasteiger partial charge in [-0.25, -0.2) is 4.39 Å². The zero-order valence-corrected chi connectivity index (χ0v) is 14.7. The van der Waals surface area contributed by atoms with Crippen LogP contribution in [0.1, 0.15) is 17.5 Å². The van der Waals surface area contributed by atoms with Crippen molar-refractivity contribution in [3.05, 3.63) is 59.4 Å². The number of likely N-dealkylation sites (tertiary alicyclic amines) is 1. The van der Waals surface area contributed by atoms with E-state index < -0.39 is 0 Å². The normalized spacial score (nSPS) is 16.6. The minimum absolute atomic E-state index is 0.0249. The van der Waals surface area contributed by atoms with E-state index in [-0.39, 0.29) is 31.0 Å². The molecule has 3 rings (SSSR count). The Morgan fingerprint density at radius 3 is 2.81 bits per heavy atom. The molecule has 0 spiro atoms. The summed E-state index contributed by atoms with van der Waals surface area (Å²) in [5, 5.41) is 12.2. The molecule has 1 atom stereocenters. The Labute approximate surface area is 152 Å². The van der Waals surface area contributed by atoms with Crippen LogP contribution in [0.2, 0.25) is 0 Å². The topological polar surface area (TPSA) is 61.8 Å². The summed E-state index contributed by atoms with van der Waals surface area (Å²) in [6.07, 6.45) is 0.768. The number of anilines is 1. The lowest BCUT2D eigenvalue weighted by Crippen LogP contribution is -2.35. The first kappa shape index (κ1) is 18.2. The van der Waals surface area contributed by atoms with Crippen molar-refractivity contribution in [2.45, 2.75) is 26.0 Å². The van der Waals surface area contributed by atoms with Crippen LogP contribution in [0.4, 0.5) is 10.1 Å². The summed E-state index contributed by atoms with van der Waals surface area (Å²) >= 11 is 0. The molecule has 26 heavy (non-hydrogen) atoms. The molecule has 1 unspecified atom stereocenters. The lowest BCUT2D eigenvalue weighted by atomic mass is 10.2. The molecule has 1 aliphatic heterocycles. The van der Waals surface area contributed by atoms with Gasteiger partial charge in [-0.2, -0.15) is 0 Å². The minimum Gasteiger partial charge on any atom is -0.484 e. The molecule has 0 aromatic heterocycles. The lowest BCUT2D eigenvalue weighted by molar-refractivity contribution is -0.132. The van der Waals surface area contributed by atoms with Gasteiger partial charge < -0.3 is 20.1 Å². The zero-order valence-electron chi connectivity index (χ0n) is 14.7. The smallest absolute Gasteiger partial charge is 0.260 e. The molecule has 1 heterocycles. The minimum atomic E-state index is -0.282. The number of nitrogens with one attached hydrogen (secondary N) is 1. The molecular weight excluding hydrogens is 335 g/mol. The second-order valence-electron chi connectivity index (χ2n) is 6.54. The van der Waals surface area contributed by atoms with Crippen LogP contribution in [0.25, 0.3) is 0 Å². The maximum Gasteiger partial charge on any atom is 0.260 e. The van der Waals surface area contributed by atoms with Crippen LogP contribution in [0.3, 0.4) is 0 Å². The van der Waals surface area contributed by atoms with Crippen molar-refractivity contribution in [1.82, 2.24) is 4.90 Å². The molecule has 6 heteroatoms. The second-order valence-corrected chi connectivity index (χ2v) is 6.54. The van der Waals surface area contributed by atoms with Crippen LogP contribution >= 0.6 is 0 Å². The third kappa shape index (κ3) is 4.52. The molecule has 5 nitrogen and oxygen atoms in total. The predicted octanol–water partition coefficient (Wildman–Crippen LogP) is 2.72. The van der Waals surface area contributed by atoms with E-state index >= 15 is 0 Å². The number of benzene rings is 2. The number of halogens is 1. The van der Waals surface area contributed by atoms with Crippen LogP contribution in [0, 0.1) is 12.7 Å². The van der Waals surface area contributed by atoms with Crippen molar-refractivity contribution in [3.63, 3.8) is 0 Å². The molecule has 0 bridgehead atoms. The standard InChI is InChI=1S/C20H23FN2O3/c1-14-2-7-18(21)19(10-14)22-16-8-9-23(11-16)20(25)13-26-17-5-3-15(12-24)4-6-17/h2-7,10,16,22,24H,8-9,11-13H2,1H3. The number of amides is 1. The Morgan fingerprint density at radius 1 is 1.31 bits per heavy atom. The number of hydrogen-bond donors (Lipinski definition) is 2. The van der Waals surface area contributed by atoms with Crippen molar-refractivity contribution < 1.29 is 19.0 Å². The largest absolute Gasteiger partial charge is 0.484 e. The van der Waals surface area contributed by atoms with Crippen LogP contribution in [0.15, 0.2) is 42.5 Å². The Kier molecular flexibility index (Phi) is 5.73. The fourth-order valence-electron chi connectivity index (χ4n) is 3.00. The summed E-state index contributed by atoms with van der Waals surface area (Å²) in [5.74, 6) is 0.214. The van der Waals surface area contributed by atoms with Crippen molar-refractivity contribution in [2.75, 3.05) is 25.0 Å². The number of ether oxygens (including phenoxy) is 1. The number of hydrogen-bond acceptors (Lipinski definition) is 4. The number of nitrogens with zero attached hydrogens (tertiary/aromatic N) is 1. The molecule has 2 N–H and O–H groups in total. The number of aliphatic hydroxyl groups excluding tert-OH is 1. The SMILES string of the molecule is Cc1ccc(F)c(NC2CCN(C(=O)COc3ccc(CO)cc3)C2)c1. The maximum atomic E-state index is 13.9. The molecular formula is C20H23FN2O3. The predicted molar refractivity (Wildman–Crippen MR) is 97.6 cm³/mol. The third-order valence-corrected chi connectivity index (χ3v) is 4.49. The summed E-state index contributed by atoms with van der Waals surface area (Å²) in [6.45, 7) is 3.00. The number of carbonyl (C=O) groups is 1. The van der Waals surface area contributed by atoms with Crippen molar-refractivity contribution >= 4 is 11.6 Å². The average molecular weight is 358 g/mol. The highest BCUT2D eigenvalue weighted by Gasteiger charge is 2.26. The van der Waals surface area contributed by atoms with Gasteiger partial charge in [-0.3, -0.25) is 4.79 Å². The average Bonchev–Trinajstić information content (AvgIpc) is 3.12. The molecule has 2 aromatic carbocycles. The van der Waals surface area contributed by atoms with Gasteiger partial charge in [0.15, 0.2) is 6.61 Å². The van der Waals surface area contributed by atoms with Gasteiger partial charge in [0.25, 0.3) is 5.91 Å². The van der Waals surface area contributed by atoms with E-state index in [1.807, 2.05) is 6.92 Å². The summed E-state index contributed by atoms with van der Waals surface area (Å²) in [6, 6.07) is 12.0. The maximum absolute atomic E-state index is 13.9. The summed E-state index contributed by atoms with van der Waals surface area (Å²) < 4.78 is 19.4. The number of rotatable bonds is 6. The van der Waals surface area contributed by atoms with Gasteiger partial charge in [0.2, 0.25) is 0 Å². The van der Waals surface area contributed by atoms with E-state index in [1.165, 1.54) is 6.07 Å². The van der Waals surface area contributed by atoms with Crippen molar-refractivity contribution in [2.24, 2.45) is 0 Å². The lowest BCUT2D eigenvalue weighted by Gasteiger charge is -2.18. The fourth-order valence-corrected chi connectivity index (χ4v) is 3.00. The molecule has 138 valence electrons. The summed E-state index contributed by atoms with van der Waals surface area (Å²) in [4.78, 5) is 14.0. The van der Waals surface area contributed by atoms with Gasteiger partial charge in [0.05, 0.1) is 12.3 Å². The monoisotopic (exact) mass is 358 g/mol. The molecule has 1 amide bonds. The zero-order chi connectivity index (χ0) is 18.5. The van der Waals surface area contributed by atoms with E-state index in [1.54, 1.807) is 41.3 Å². The first-order valence-corrected chi connectivity index (χ1v) is 8.68. The number of aryl methyl sites for hydroxylation is 1. The number of carbonyl (C=O) groups excluding carboxylic acids is 1. The van der Waals surface area contributed by atoms with E-state index in [2.05, 4.69) is 5.32 Å². The van der Waals surface area contributed by atoms with E-state index in [4.69, 9.17) is 9.84 Å². The quantitative estimate of drug-likeness (QED) is 0.834. The highest BCUT2D eigenvalue weighted by Crippen LogP contribution is 2.20. The molecule has 2 aromatic rings. The van der Waals surface area contributed by atoms with E-state index in [0.29, 0.717) is 24.5 Å². The highest BCUT2D eigenvalue weighted by atomic mass is 19.1. The number of aliphatic hydroxyl groups is 1. The van der Waals surface area contributed by atoms with Crippen molar-refractivity contribution in [1.29, 1.82) is 0 Å². The van der Waals surface area contributed by atoms with Gasteiger partial charge in [-0.1, -0.05) is 18.2 Å².